The highest BCUT2D eigenvalue weighted by atomic mass is 16.4. The summed E-state index contributed by atoms with van der Waals surface area (Å²) in [6, 6.07) is 16.5. The minimum Gasteiger partial charge on any atom is -0.478 e. The van der Waals surface area contributed by atoms with Gasteiger partial charge in [-0.25, -0.2) is 4.79 Å². The molecule has 0 radical (unpaired) electrons. The smallest absolute Gasteiger partial charge is 0.336 e. The van der Waals surface area contributed by atoms with Crippen LogP contribution in [-0.2, 0) is 0 Å². The molecule has 2 aromatic carbocycles. The minimum absolute atomic E-state index is 0. The second-order valence-electron chi connectivity index (χ2n) is 3.22. The molecule has 2 aromatic rings. The monoisotopic (exact) mass is 215 g/mol. The molecule has 0 aliphatic heterocycles. The Balaban J connectivity index is 0.00000128. The summed E-state index contributed by atoms with van der Waals surface area (Å²) < 4.78 is 0. The quantitative estimate of drug-likeness (QED) is 0.807. The molecule has 0 spiro atoms. The van der Waals surface area contributed by atoms with Crippen molar-refractivity contribution in [3.8, 4) is 11.1 Å². The Morgan fingerprint density at radius 1 is 0.875 bits per heavy atom. The molecule has 2 rings (SSSR count). The van der Waals surface area contributed by atoms with E-state index in [2.05, 4.69) is 0 Å². The number of hydrogen-bond donors (Lipinski definition) is 2. The molecule has 82 valence electrons. The Morgan fingerprint density at radius 2 is 1.44 bits per heavy atom. The zero-order chi connectivity index (χ0) is 10.7. The van der Waals surface area contributed by atoms with Crippen molar-refractivity contribution in [3.63, 3.8) is 0 Å². The summed E-state index contributed by atoms with van der Waals surface area (Å²) in [6.45, 7) is 0. The molecule has 0 amide bonds. The molecule has 0 saturated carbocycles. The van der Waals surface area contributed by atoms with Crippen LogP contribution in [0.4, 0.5) is 0 Å². The number of carbonyl (C=O) groups is 1. The van der Waals surface area contributed by atoms with E-state index < -0.39 is 5.97 Å². The molecule has 0 aliphatic rings. The molecule has 0 aromatic heterocycles. The van der Waals surface area contributed by atoms with E-state index in [0.29, 0.717) is 5.56 Å². The lowest BCUT2D eigenvalue weighted by atomic mass is 10.00. The fraction of sp³-hybridized carbons (Fsp3) is 0. The maximum absolute atomic E-state index is 11.0. The molecule has 0 bridgehead atoms. The molecule has 0 saturated heterocycles. The van der Waals surface area contributed by atoms with Gasteiger partial charge in [0.15, 0.2) is 0 Å². The molecule has 3 heteroatoms. The summed E-state index contributed by atoms with van der Waals surface area (Å²) in [4.78, 5) is 11.0. The van der Waals surface area contributed by atoms with Gasteiger partial charge in [-0.15, -0.1) is 0 Å². The summed E-state index contributed by atoms with van der Waals surface area (Å²) in [5.41, 5.74) is 2.02. The van der Waals surface area contributed by atoms with E-state index in [1.165, 1.54) is 0 Å². The third-order valence-electron chi connectivity index (χ3n) is 2.24. The summed E-state index contributed by atoms with van der Waals surface area (Å²) in [5, 5.41) is 9.03. The van der Waals surface area contributed by atoms with E-state index >= 15 is 0 Å². The SMILES string of the molecule is N.O=C(O)c1ccccc1-c1ccccc1. The van der Waals surface area contributed by atoms with Crippen LogP contribution in [0.25, 0.3) is 11.1 Å². The third-order valence-corrected chi connectivity index (χ3v) is 2.24. The lowest BCUT2D eigenvalue weighted by Crippen LogP contribution is -1.98. The van der Waals surface area contributed by atoms with Crippen LogP contribution in [0.5, 0.6) is 0 Å². The second-order valence-corrected chi connectivity index (χ2v) is 3.22. The second kappa shape index (κ2) is 5.09. The van der Waals surface area contributed by atoms with E-state index in [9.17, 15) is 4.79 Å². The largest absolute Gasteiger partial charge is 0.478 e. The Labute approximate surface area is 93.9 Å². The van der Waals surface area contributed by atoms with Crippen molar-refractivity contribution in [2.24, 2.45) is 0 Å². The molecule has 4 N–H and O–H groups in total. The Hall–Kier alpha value is -2.13. The van der Waals surface area contributed by atoms with Crippen LogP contribution in [0.3, 0.4) is 0 Å². The summed E-state index contributed by atoms with van der Waals surface area (Å²) in [7, 11) is 0. The molecular formula is C13H13NO2. The first-order valence-corrected chi connectivity index (χ1v) is 4.67. The van der Waals surface area contributed by atoms with Crippen molar-refractivity contribution < 1.29 is 9.90 Å². The maximum atomic E-state index is 11.0. The first-order valence-electron chi connectivity index (χ1n) is 4.67. The predicted octanol–water partition coefficient (Wildman–Crippen LogP) is 3.21. The number of rotatable bonds is 2. The lowest BCUT2D eigenvalue weighted by molar-refractivity contribution is 0.0697. The number of benzene rings is 2. The number of hydrogen-bond acceptors (Lipinski definition) is 2. The van der Waals surface area contributed by atoms with Gasteiger partial charge in [0.05, 0.1) is 5.56 Å². The van der Waals surface area contributed by atoms with Gasteiger partial charge in [0.1, 0.15) is 0 Å². The topological polar surface area (TPSA) is 72.3 Å². The Kier molecular flexibility index (Phi) is 3.80. The summed E-state index contributed by atoms with van der Waals surface area (Å²) >= 11 is 0. The van der Waals surface area contributed by atoms with Crippen LogP contribution in [0.1, 0.15) is 10.4 Å². The van der Waals surface area contributed by atoms with Crippen molar-refractivity contribution in [2.75, 3.05) is 0 Å². The normalized spacial score (nSPS) is 9.25. The molecule has 0 unspecified atom stereocenters. The van der Waals surface area contributed by atoms with E-state index in [1.54, 1.807) is 12.1 Å². The van der Waals surface area contributed by atoms with Gasteiger partial charge in [-0.1, -0.05) is 48.5 Å². The van der Waals surface area contributed by atoms with Gasteiger partial charge in [0.2, 0.25) is 0 Å². The van der Waals surface area contributed by atoms with E-state index in [0.717, 1.165) is 11.1 Å². The highest BCUT2D eigenvalue weighted by Crippen LogP contribution is 2.22. The summed E-state index contributed by atoms with van der Waals surface area (Å²) in [6.07, 6.45) is 0. The van der Waals surface area contributed by atoms with E-state index in [1.807, 2.05) is 42.5 Å². The van der Waals surface area contributed by atoms with Crippen molar-refractivity contribution in [1.29, 1.82) is 0 Å². The number of aromatic carboxylic acids is 1. The van der Waals surface area contributed by atoms with Crippen molar-refractivity contribution in [2.45, 2.75) is 0 Å². The highest BCUT2D eigenvalue weighted by molar-refractivity contribution is 5.95. The van der Waals surface area contributed by atoms with Crippen LogP contribution in [0.15, 0.2) is 54.6 Å². The van der Waals surface area contributed by atoms with Gasteiger partial charge in [0, 0.05) is 0 Å². The zero-order valence-electron chi connectivity index (χ0n) is 8.76. The number of carboxylic acids is 1. The minimum atomic E-state index is -0.894. The Bertz CT molecular complexity index is 480. The molecule has 0 aliphatic carbocycles. The van der Waals surface area contributed by atoms with Crippen LogP contribution in [0.2, 0.25) is 0 Å². The van der Waals surface area contributed by atoms with Gasteiger partial charge >= 0.3 is 5.97 Å². The van der Waals surface area contributed by atoms with Crippen LogP contribution < -0.4 is 6.15 Å². The molecular weight excluding hydrogens is 202 g/mol. The van der Waals surface area contributed by atoms with Crippen LogP contribution >= 0.6 is 0 Å². The Morgan fingerprint density at radius 3 is 2.06 bits per heavy atom. The van der Waals surface area contributed by atoms with E-state index in [-0.39, 0.29) is 6.15 Å². The van der Waals surface area contributed by atoms with E-state index in [4.69, 9.17) is 5.11 Å². The fourth-order valence-corrected chi connectivity index (χ4v) is 1.54. The summed E-state index contributed by atoms with van der Waals surface area (Å²) in [5.74, 6) is -0.894. The molecule has 0 heterocycles. The zero-order valence-corrected chi connectivity index (χ0v) is 8.76. The van der Waals surface area contributed by atoms with Crippen molar-refractivity contribution >= 4 is 5.97 Å². The average Bonchev–Trinajstić information content (AvgIpc) is 2.30. The molecule has 0 atom stereocenters. The molecule has 3 nitrogen and oxygen atoms in total. The van der Waals surface area contributed by atoms with Crippen LogP contribution in [0, 0.1) is 0 Å². The van der Waals surface area contributed by atoms with Crippen molar-refractivity contribution in [3.05, 3.63) is 60.2 Å². The standard InChI is InChI=1S/C13H10O2.H3N/c14-13(15)12-9-5-4-8-11(12)10-6-2-1-3-7-10;/h1-9H,(H,14,15);1H3. The van der Waals surface area contributed by atoms with Gasteiger partial charge in [-0.3, -0.25) is 0 Å². The number of carboxylic acid groups (broad SMARTS) is 1. The van der Waals surface area contributed by atoms with Gasteiger partial charge in [-0.2, -0.15) is 0 Å². The highest BCUT2D eigenvalue weighted by Gasteiger charge is 2.09. The predicted molar refractivity (Wildman–Crippen MR) is 63.9 cm³/mol. The van der Waals surface area contributed by atoms with Gasteiger partial charge < -0.3 is 11.3 Å². The lowest BCUT2D eigenvalue weighted by Gasteiger charge is -2.05. The average molecular weight is 215 g/mol. The van der Waals surface area contributed by atoms with Crippen LogP contribution in [-0.4, -0.2) is 11.1 Å². The molecule has 0 fully saturated rings. The third kappa shape index (κ3) is 2.27. The fourth-order valence-electron chi connectivity index (χ4n) is 1.54. The van der Waals surface area contributed by atoms with Gasteiger partial charge in [-0.05, 0) is 17.2 Å². The first-order chi connectivity index (χ1) is 7.29. The first kappa shape index (κ1) is 11.9. The molecule has 16 heavy (non-hydrogen) atoms. The van der Waals surface area contributed by atoms with Crippen molar-refractivity contribution in [1.82, 2.24) is 6.15 Å². The maximum Gasteiger partial charge on any atom is 0.336 e. The van der Waals surface area contributed by atoms with Gasteiger partial charge in [0.25, 0.3) is 0 Å².